The van der Waals surface area contributed by atoms with Crippen molar-refractivity contribution in [1.29, 1.82) is 0 Å². The third-order valence-corrected chi connectivity index (χ3v) is 3.54. The molecule has 0 bridgehead atoms. The van der Waals surface area contributed by atoms with Crippen molar-refractivity contribution in [3.8, 4) is 0 Å². The number of H-pyrrole nitrogens is 1. The van der Waals surface area contributed by atoms with Crippen molar-refractivity contribution in [2.45, 2.75) is 25.3 Å². The van der Waals surface area contributed by atoms with Crippen LogP contribution in [-0.2, 0) is 0 Å². The maximum absolute atomic E-state index is 3.32. The van der Waals surface area contributed by atoms with Crippen molar-refractivity contribution in [2.75, 3.05) is 13.1 Å². The number of hydrogen-bond acceptors (Lipinski definition) is 0. The summed E-state index contributed by atoms with van der Waals surface area (Å²) in [5.41, 5.74) is 2.80. The van der Waals surface area contributed by atoms with Crippen LogP contribution in [0.4, 0.5) is 0 Å². The summed E-state index contributed by atoms with van der Waals surface area (Å²) >= 11 is 0. The Kier molecular flexibility index (Phi) is 2.29. The molecule has 1 unspecified atom stereocenters. The van der Waals surface area contributed by atoms with E-state index in [0.29, 0.717) is 0 Å². The Balaban J connectivity index is 1.73. The molecule has 1 atom stereocenters. The van der Waals surface area contributed by atoms with E-state index in [-0.39, 0.29) is 0 Å². The zero-order chi connectivity index (χ0) is 10.1. The molecule has 1 aromatic heterocycles. The minimum atomic E-state index is 0.988. The molecule has 2 nitrogen and oxygen atoms in total. The van der Waals surface area contributed by atoms with Gasteiger partial charge in [0.1, 0.15) is 0 Å². The quantitative estimate of drug-likeness (QED) is 0.713. The Morgan fingerprint density at radius 3 is 2.80 bits per heavy atom. The largest absolute Gasteiger partial charge is 0.329 e. The van der Waals surface area contributed by atoms with Gasteiger partial charge < -0.3 is 4.90 Å². The van der Waals surface area contributed by atoms with E-state index in [2.05, 4.69) is 23.2 Å². The van der Waals surface area contributed by atoms with Gasteiger partial charge >= 0.3 is 0 Å². The van der Waals surface area contributed by atoms with Gasteiger partial charge in [-0.15, -0.1) is 0 Å². The monoisotopic (exact) mass is 202 g/mol. The fourth-order valence-corrected chi connectivity index (χ4v) is 2.45. The van der Waals surface area contributed by atoms with Crippen LogP contribution in [0.1, 0.15) is 25.0 Å². The van der Waals surface area contributed by atoms with E-state index in [0.717, 1.165) is 6.04 Å². The Hall–Kier alpha value is -1.15. The van der Waals surface area contributed by atoms with Gasteiger partial charge in [-0.05, 0) is 12.1 Å². The molecule has 78 valence electrons. The summed E-state index contributed by atoms with van der Waals surface area (Å²) in [6, 6.07) is 7.30. The smallest absolute Gasteiger partial charge is 0.206 e. The van der Waals surface area contributed by atoms with Crippen molar-refractivity contribution in [3.63, 3.8) is 0 Å². The lowest BCUT2D eigenvalue weighted by atomic mass is 10.0. The molecule has 2 heterocycles. The topological polar surface area (TPSA) is 18.6 Å². The van der Waals surface area contributed by atoms with Gasteiger partial charge in [0.2, 0.25) is 5.69 Å². The molecule has 3 rings (SSSR count). The zero-order valence-corrected chi connectivity index (χ0v) is 9.00. The highest BCUT2D eigenvalue weighted by Gasteiger charge is 2.34. The summed E-state index contributed by atoms with van der Waals surface area (Å²) in [7, 11) is 0. The van der Waals surface area contributed by atoms with Gasteiger partial charge in [0, 0.05) is 37.0 Å². The third-order valence-electron chi connectivity index (χ3n) is 3.54. The maximum atomic E-state index is 3.32. The van der Waals surface area contributed by atoms with E-state index >= 15 is 0 Å². The number of nitrogens with one attached hydrogen (secondary N) is 2. The second-order valence-corrected chi connectivity index (χ2v) is 4.64. The average Bonchev–Trinajstić information content (AvgIpc) is 3.15. The first-order valence-electron chi connectivity index (χ1n) is 5.94. The van der Waals surface area contributed by atoms with E-state index in [1.807, 2.05) is 12.3 Å². The number of hydrogen-bond donors (Lipinski definition) is 1. The van der Waals surface area contributed by atoms with Crippen LogP contribution in [0, 0.1) is 0 Å². The lowest BCUT2D eigenvalue weighted by Gasteiger charge is -2.21. The molecule has 2 aliphatic rings. The molecular weight excluding hydrogens is 184 g/mol. The van der Waals surface area contributed by atoms with Crippen molar-refractivity contribution in [3.05, 3.63) is 36.2 Å². The lowest BCUT2D eigenvalue weighted by molar-refractivity contribution is -0.906. The molecule has 1 aromatic rings. The van der Waals surface area contributed by atoms with E-state index in [1.165, 1.54) is 43.6 Å². The van der Waals surface area contributed by atoms with Crippen LogP contribution >= 0.6 is 0 Å². The molecule has 1 aliphatic carbocycles. The Morgan fingerprint density at radius 1 is 1.27 bits per heavy atom. The molecule has 2 heteroatoms. The summed E-state index contributed by atoms with van der Waals surface area (Å²) < 4.78 is 0. The molecule has 0 aromatic carbocycles. The van der Waals surface area contributed by atoms with Crippen molar-refractivity contribution < 1.29 is 9.88 Å². The molecule has 1 aliphatic heterocycles. The lowest BCUT2D eigenvalue weighted by Crippen LogP contribution is -3.13. The van der Waals surface area contributed by atoms with E-state index in [4.69, 9.17) is 0 Å². The molecule has 1 fully saturated rings. The van der Waals surface area contributed by atoms with Gasteiger partial charge in [0.15, 0.2) is 6.20 Å². The standard InChI is InChI=1S/C13H16N2/c1-2-8-14-13(3-1)11-6-9-15(10-7-11)12-4-5-12/h1-3,6,8,12H,4-5,7,9-10H2/p+2. The van der Waals surface area contributed by atoms with Crippen LogP contribution in [0.15, 0.2) is 30.5 Å². The fraction of sp³-hybridized carbons (Fsp3) is 0.462. The first-order valence-corrected chi connectivity index (χ1v) is 5.94. The highest BCUT2D eigenvalue weighted by molar-refractivity contribution is 5.60. The van der Waals surface area contributed by atoms with Gasteiger partial charge in [-0.25, -0.2) is 4.98 Å². The summed E-state index contributed by atoms with van der Waals surface area (Å²) in [4.78, 5) is 5.12. The third kappa shape index (κ3) is 1.95. The van der Waals surface area contributed by atoms with Gasteiger partial charge in [0.05, 0.1) is 19.1 Å². The predicted molar refractivity (Wildman–Crippen MR) is 59.3 cm³/mol. The Bertz CT molecular complexity index is 365. The van der Waals surface area contributed by atoms with E-state index in [9.17, 15) is 0 Å². The molecule has 0 amide bonds. The maximum Gasteiger partial charge on any atom is 0.206 e. The van der Waals surface area contributed by atoms with Crippen molar-refractivity contribution >= 4 is 5.57 Å². The number of aromatic amines is 1. The zero-order valence-electron chi connectivity index (χ0n) is 9.00. The molecule has 15 heavy (non-hydrogen) atoms. The molecular formula is C13H18N2+2. The molecule has 1 saturated carbocycles. The predicted octanol–water partition coefficient (Wildman–Crippen LogP) is 0.335. The van der Waals surface area contributed by atoms with E-state index < -0.39 is 0 Å². The normalized spacial score (nSPS) is 26.1. The second-order valence-electron chi connectivity index (χ2n) is 4.64. The highest BCUT2D eigenvalue weighted by atomic mass is 15.2. The average molecular weight is 202 g/mol. The summed E-state index contributed by atoms with van der Waals surface area (Å²) in [5.74, 6) is 0. The summed E-state index contributed by atoms with van der Waals surface area (Å²) in [5, 5.41) is 0. The summed E-state index contributed by atoms with van der Waals surface area (Å²) in [6.45, 7) is 2.54. The van der Waals surface area contributed by atoms with Gasteiger partial charge in [-0.1, -0.05) is 0 Å². The van der Waals surface area contributed by atoms with Crippen LogP contribution in [0.2, 0.25) is 0 Å². The Labute approximate surface area is 90.6 Å². The highest BCUT2D eigenvalue weighted by Crippen LogP contribution is 2.18. The van der Waals surface area contributed by atoms with Crippen LogP contribution in [0.25, 0.3) is 5.57 Å². The fourth-order valence-electron chi connectivity index (χ4n) is 2.45. The molecule has 2 N–H and O–H groups in total. The van der Waals surface area contributed by atoms with Crippen LogP contribution in [0.3, 0.4) is 0 Å². The minimum Gasteiger partial charge on any atom is -0.329 e. The van der Waals surface area contributed by atoms with E-state index in [1.54, 1.807) is 4.90 Å². The van der Waals surface area contributed by atoms with Gasteiger partial charge in [-0.3, -0.25) is 0 Å². The first kappa shape index (κ1) is 9.10. The minimum absolute atomic E-state index is 0.988. The van der Waals surface area contributed by atoms with Crippen molar-refractivity contribution in [2.24, 2.45) is 0 Å². The number of quaternary nitrogens is 1. The van der Waals surface area contributed by atoms with Gasteiger partial charge in [0.25, 0.3) is 0 Å². The molecule has 0 saturated heterocycles. The number of rotatable bonds is 2. The van der Waals surface area contributed by atoms with Crippen LogP contribution in [-0.4, -0.2) is 19.1 Å². The number of aromatic nitrogens is 1. The molecule has 0 radical (unpaired) electrons. The molecule has 0 spiro atoms. The van der Waals surface area contributed by atoms with Crippen molar-refractivity contribution in [1.82, 2.24) is 0 Å². The second kappa shape index (κ2) is 3.78. The SMILES string of the molecule is C1=C(c2cccc[nH+]2)CC[NH+](C2CC2)C1. The Morgan fingerprint density at radius 2 is 2.20 bits per heavy atom. The van der Waals surface area contributed by atoms with Crippen LogP contribution in [0.5, 0.6) is 0 Å². The number of pyridine rings is 1. The first-order chi connectivity index (χ1) is 7.43. The van der Waals surface area contributed by atoms with Crippen LogP contribution < -0.4 is 9.88 Å². The summed E-state index contributed by atoms with van der Waals surface area (Å²) in [6.07, 6.45) is 8.57. The van der Waals surface area contributed by atoms with Gasteiger partial charge in [-0.2, -0.15) is 0 Å².